The molecule has 0 saturated heterocycles. The van der Waals surface area contributed by atoms with Gasteiger partial charge in [-0.25, -0.2) is 8.42 Å². The minimum absolute atomic E-state index is 0.0149. The molecule has 0 atom stereocenters. The van der Waals surface area contributed by atoms with Gasteiger partial charge in [-0.2, -0.15) is 0 Å². The first-order valence-electron chi connectivity index (χ1n) is 4.97. The zero-order chi connectivity index (χ0) is 13.2. The lowest BCUT2D eigenvalue weighted by atomic mass is 10.2. The van der Waals surface area contributed by atoms with Crippen LogP contribution in [0.15, 0.2) is 28.6 Å². The van der Waals surface area contributed by atoms with Gasteiger partial charge in [-0.3, -0.25) is 0 Å². The summed E-state index contributed by atoms with van der Waals surface area (Å²) in [4.78, 5) is 0. The highest BCUT2D eigenvalue weighted by Crippen LogP contribution is 2.20. The van der Waals surface area contributed by atoms with Crippen LogP contribution >= 0.6 is 22.9 Å². The van der Waals surface area contributed by atoms with Crippen LogP contribution in [-0.4, -0.2) is 24.9 Å². The van der Waals surface area contributed by atoms with Gasteiger partial charge in [-0.05, 0) is 17.7 Å². The SMILES string of the molecule is CS(=O)(=O)c1nnc(NCc2ccc(Cl)cc2)s1. The summed E-state index contributed by atoms with van der Waals surface area (Å²) >= 11 is 6.79. The molecule has 1 heterocycles. The molecular formula is C10H10ClN3O2S2. The molecule has 5 nitrogen and oxygen atoms in total. The molecule has 0 unspecified atom stereocenters. The molecular weight excluding hydrogens is 294 g/mol. The quantitative estimate of drug-likeness (QED) is 0.937. The fraction of sp³-hybridized carbons (Fsp3) is 0.200. The third kappa shape index (κ3) is 3.41. The lowest BCUT2D eigenvalue weighted by Crippen LogP contribution is -1.98. The van der Waals surface area contributed by atoms with Crippen molar-refractivity contribution in [2.45, 2.75) is 10.9 Å². The second-order valence-electron chi connectivity index (χ2n) is 3.63. The second-order valence-corrected chi connectivity index (χ2v) is 7.23. The number of benzene rings is 1. The van der Waals surface area contributed by atoms with Crippen LogP contribution in [0.3, 0.4) is 0 Å². The number of nitrogens with zero attached hydrogens (tertiary/aromatic N) is 2. The van der Waals surface area contributed by atoms with E-state index in [0.717, 1.165) is 23.2 Å². The molecule has 0 aliphatic rings. The van der Waals surface area contributed by atoms with Gasteiger partial charge in [0.2, 0.25) is 19.3 Å². The van der Waals surface area contributed by atoms with Crippen molar-refractivity contribution in [1.29, 1.82) is 0 Å². The van der Waals surface area contributed by atoms with E-state index < -0.39 is 9.84 Å². The number of rotatable bonds is 4. The molecule has 18 heavy (non-hydrogen) atoms. The van der Waals surface area contributed by atoms with Crippen molar-refractivity contribution in [2.24, 2.45) is 0 Å². The summed E-state index contributed by atoms with van der Waals surface area (Å²) in [5.74, 6) is 0. The zero-order valence-corrected chi connectivity index (χ0v) is 11.8. The van der Waals surface area contributed by atoms with Crippen LogP contribution in [0.4, 0.5) is 5.13 Å². The molecule has 0 saturated carbocycles. The molecule has 0 spiro atoms. The van der Waals surface area contributed by atoms with Gasteiger partial charge in [0.25, 0.3) is 0 Å². The predicted molar refractivity (Wildman–Crippen MR) is 71.8 cm³/mol. The summed E-state index contributed by atoms with van der Waals surface area (Å²) in [7, 11) is -3.28. The Balaban J connectivity index is 2.03. The number of hydrogen-bond donors (Lipinski definition) is 1. The molecule has 0 fully saturated rings. The Hall–Kier alpha value is -1.18. The third-order valence-corrected chi connectivity index (χ3v) is 4.88. The maximum absolute atomic E-state index is 11.2. The Kier molecular flexibility index (Phi) is 3.84. The number of aromatic nitrogens is 2. The summed E-state index contributed by atoms with van der Waals surface area (Å²) < 4.78 is 22.5. The highest BCUT2D eigenvalue weighted by atomic mass is 35.5. The van der Waals surface area contributed by atoms with Crippen LogP contribution < -0.4 is 5.32 Å². The summed E-state index contributed by atoms with van der Waals surface area (Å²) in [5.41, 5.74) is 1.02. The molecule has 0 bridgehead atoms. The Morgan fingerprint density at radius 1 is 1.28 bits per heavy atom. The van der Waals surface area contributed by atoms with Crippen molar-refractivity contribution in [3.63, 3.8) is 0 Å². The third-order valence-electron chi connectivity index (χ3n) is 2.08. The van der Waals surface area contributed by atoms with Crippen molar-refractivity contribution in [1.82, 2.24) is 10.2 Å². The minimum Gasteiger partial charge on any atom is -0.356 e. The first-order valence-corrected chi connectivity index (χ1v) is 8.05. The fourth-order valence-electron chi connectivity index (χ4n) is 1.21. The lowest BCUT2D eigenvalue weighted by Gasteiger charge is -2.01. The Morgan fingerprint density at radius 2 is 1.94 bits per heavy atom. The van der Waals surface area contributed by atoms with Crippen molar-refractivity contribution >= 4 is 37.9 Å². The van der Waals surface area contributed by atoms with Crippen LogP contribution in [-0.2, 0) is 16.4 Å². The number of sulfone groups is 1. The van der Waals surface area contributed by atoms with Gasteiger partial charge >= 0.3 is 0 Å². The Bertz CT molecular complexity index is 637. The molecule has 0 aliphatic heterocycles. The van der Waals surface area contributed by atoms with Gasteiger partial charge in [-0.15, -0.1) is 10.2 Å². The largest absolute Gasteiger partial charge is 0.356 e. The Labute approximate surface area is 114 Å². The summed E-state index contributed by atoms with van der Waals surface area (Å²) in [5, 5.41) is 11.5. The van der Waals surface area contributed by atoms with Crippen LogP contribution in [0.5, 0.6) is 0 Å². The molecule has 1 aromatic carbocycles. The Morgan fingerprint density at radius 3 is 2.50 bits per heavy atom. The van der Waals surface area contributed by atoms with Crippen LogP contribution in [0.2, 0.25) is 5.02 Å². The number of nitrogens with one attached hydrogen (secondary N) is 1. The zero-order valence-electron chi connectivity index (χ0n) is 9.42. The molecule has 2 aromatic rings. The van der Waals surface area contributed by atoms with E-state index in [0.29, 0.717) is 16.7 Å². The molecule has 0 aliphatic carbocycles. The predicted octanol–water partition coefficient (Wildman–Crippen LogP) is 2.21. The van der Waals surface area contributed by atoms with Crippen molar-refractivity contribution in [3.8, 4) is 0 Å². The summed E-state index contributed by atoms with van der Waals surface area (Å²) in [6, 6.07) is 7.35. The first kappa shape index (κ1) is 13.3. The van der Waals surface area contributed by atoms with E-state index >= 15 is 0 Å². The van der Waals surface area contributed by atoms with Gasteiger partial charge in [-0.1, -0.05) is 35.1 Å². The van der Waals surface area contributed by atoms with Gasteiger partial charge in [0.1, 0.15) is 0 Å². The van der Waals surface area contributed by atoms with Crippen LogP contribution in [0.25, 0.3) is 0 Å². The van der Waals surface area contributed by atoms with Crippen molar-refractivity contribution in [2.75, 3.05) is 11.6 Å². The summed E-state index contributed by atoms with van der Waals surface area (Å²) in [6.07, 6.45) is 1.11. The molecule has 2 rings (SSSR count). The van der Waals surface area contributed by atoms with E-state index in [-0.39, 0.29) is 4.34 Å². The van der Waals surface area contributed by atoms with Gasteiger partial charge < -0.3 is 5.32 Å². The molecule has 1 aromatic heterocycles. The van der Waals surface area contributed by atoms with Gasteiger partial charge in [0.05, 0.1) is 0 Å². The maximum Gasteiger partial charge on any atom is 0.234 e. The number of anilines is 1. The fourth-order valence-corrected chi connectivity index (χ4v) is 2.84. The van der Waals surface area contributed by atoms with Crippen LogP contribution in [0, 0.1) is 0 Å². The average Bonchev–Trinajstić information content (AvgIpc) is 2.77. The highest BCUT2D eigenvalue weighted by molar-refractivity contribution is 7.92. The van der Waals surface area contributed by atoms with Crippen molar-refractivity contribution in [3.05, 3.63) is 34.9 Å². The molecule has 96 valence electrons. The van der Waals surface area contributed by atoms with E-state index in [9.17, 15) is 8.42 Å². The monoisotopic (exact) mass is 303 g/mol. The van der Waals surface area contributed by atoms with E-state index in [4.69, 9.17) is 11.6 Å². The summed E-state index contributed by atoms with van der Waals surface area (Å²) in [6.45, 7) is 0.537. The molecule has 8 heteroatoms. The molecule has 0 radical (unpaired) electrons. The molecule has 0 amide bonds. The molecule has 1 N–H and O–H groups in total. The standard InChI is InChI=1S/C10H10ClN3O2S2/c1-18(15,16)10-14-13-9(17-10)12-6-7-2-4-8(11)5-3-7/h2-5H,6H2,1H3,(H,12,13). The maximum atomic E-state index is 11.2. The normalized spacial score (nSPS) is 11.4. The van der Waals surface area contributed by atoms with Crippen LogP contribution in [0.1, 0.15) is 5.56 Å². The highest BCUT2D eigenvalue weighted by Gasteiger charge is 2.13. The van der Waals surface area contributed by atoms with Gasteiger partial charge in [0, 0.05) is 17.8 Å². The van der Waals surface area contributed by atoms with E-state index in [2.05, 4.69) is 15.5 Å². The van der Waals surface area contributed by atoms with E-state index in [1.165, 1.54) is 0 Å². The smallest absolute Gasteiger partial charge is 0.234 e. The first-order chi connectivity index (χ1) is 8.45. The number of halogens is 1. The minimum atomic E-state index is -3.28. The van der Waals surface area contributed by atoms with E-state index in [1.54, 1.807) is 12.1 Å². The van der Waals surface area contributed by atoms with Crippen molar-refractivity contribution < 1.29 is 8.42 Å². The van der Waals surface area contributed by atoms with E-state index in [1.807, 2.05) is 12.1 Å². The average molecular weight is 304 g/mol. The topological polar surface area (TPSA) is 72.0 Å². The lowest BCUT2D eigenvalue weighted by molar-refractivity contribution is 0.600. The second kappa shape index (κ2) is 5.21. The van der Waals surface area contributed by atoms with Gasteiger partial charge in [0.15, 0.2) is 0 Å². The number of hydrogen-bond acceptors (Lipinski definition) is 6.